The molecule has 1 fully saturated rings. The van der Waals surface area contributed by atoms with Gasteiger partial charge in [0.05, 0.1) is 14.2 Å². The lowest BCUT2D eigenvalue weighted by Crippen LogP contribution is -2.53. The Bertz CT molecular complexity index is 1040. The number of likely N-dealkylation sites (tertiary alicyclic amines) is 1. The topological polar surface area (TPSA) is 97.0 Å². The summed E-state index contributed by atoms with van der Waals surface area (Å²) >= 11 is 0. The van der Waals surface area contributed by atoms with E-state index in [9.17, 15) is 18.8 Å². The number of methoxy groups -OCH3 is 2. The largest absolute Gasteiger partial charge is 0.493 e. The third-order valence-electron chi connectivity index (χ3n) is 5.78. The Balaban J connectivity index is 1.60. The molecule has 0 bridgehead atoms. The van der Waals surface area contributed by atoms with Gasteiger partial charge in [-0.15, -0.1) is 0 Å². The van der Waals surface area contributed by atoms with Gasteiger partial charge in [0.15, 0.2) is 11.5 Å². The molecule has 2 aromatic carbocycles. The van der Waals surface area contributed by atoms with Gasteiger partial charge in [-0.25, -0.2) is 4.39 Å². The van der Waals surface area contributed by atoms with Gasteiger partial charge in [-0.2, -0.15) is 0 Å². The predicted molar refractivity (Wildman–Crippen MR) is 124 cm³/mol. The fourth-order valence-corrected chi connectivity index (χ4v) is 4.03. The van der Waals surface area contributed by atoms with Gasteiger partial charge in [-0.05, 0) is 48.7 Å². The average molecular weight is 472 g/mol. The second-order valence-corrected chi connectivity index (χ2v) is 8.23. The van der Waals surface area contributed by atoms with Crippen LogP contribution in [0, 0.1) is 5.82 Å². The van der Waals surface area contributed by atoms with Gasteiger partial charge < -0.3 is 25.0 Å². The van der Waals surface area contributed by atoms with E-state index >= 15 is 0 Å². The summed E-state index contributed by atoms with van der Waals surface area (Å²) in [5.74, 6) is -0.167. The van der Waals surface area contributed by atoms with E-state index < -0.39 is 11.9 Å². The van der Waals surface area contributed by atoms with Crippen molar-refractivity contribution in [3.63, 3.8) is 0 Å². The Morgan fingerprint density at radius 3 is 2.38 bits per heavy atom. The number of rotatable bonds is 8. The highest BCUT2D eigenvalue weighted by molar-refractivity contribution is 5.94. The summed E-state index contributed by atoms with van der Waals surface area (Å²) in [7, 11) is 3.08. The normalized spacial score (nSPS) is 14.8. The van der Waals surface area contributed by atoms with Crippen molar-refractivity contribution in [2.24, 2.45) is 0 Å². The number of amides is 3. The first kappa shape index (κ1) is 25.0. The van der Waals surface area contributed by atoms with Gasteiger partial charge >= 0.3 is 0 Å². The molecule has 1 unspecified atom stereocenters. The van der Waals surface area contributed by atoms with Gasteiger partial charge in [-0.1, -0.05) is 12.1 Å². The van der Waals surface area contributed by atoms with Crippen LogP contribution in [0.15, 0.2) is 42.5 Å². The van der Waals surface area contributed by atoms with Crippen LogP contribution in [0.1, 0.15) is 35.7 Å². The van der Waals surface area contributed by atoms with Crippen molar-refractivity contribution in [3.8, 4) is 11.5 Å². The summed E-state index contributed by atoms with van der Waals surface area (Å²) in [5.41, 5.74) is 1.12. The molecule has 1 heterocycles. The summed E-state index contributed by atoms with van der Waals surface area (Å²) < 4.78 is 24.0. The highest BCUT2D eigenvalue weighted by atomic mass is 19.1. The Labute approximate surface area is 198 Å². The maximum atomic E-state index is 13.4. The molecule has 0 aromatic heterocycles. The van der Waals surface area contributed by atoms with Crippen LogP contribution in [0.3, 0.4) is 0 Å². The van der Waals surface area contributed by atoms with E-state index in [2.05, 4.69) is 10.6 Å². The van der Waals surface area contributed by atoms with Crippen molar-refractivity contribution in [1.82, 2.24) is 15.5 Å². The fraction of sp³-hybridized carbons (Fsp3) is 0.400. The van der Waals surface area contributed by atoms with Crippen molar-refractivity contribution in [2.75, 3.05) is 27.3 Å². The van der Waals surface area contributed by atoms with Gasteiger partial charge in [0.1, 0.15) is 11.9 Å². The summed E-state index contributed by atoms with van der Waals surface area (Å²) in [6.45, 7) is 2.26. The predicted octanol–water partition coefficient (Wildman–Crippen LogP) is 2.31. The van der Waals surface area contributed by atoms with E-state index in [0.717, 1.165) is 5.56 Å². The number of piperidine rings is 1. The van der Waals surface area contributed by atoms with E-state index in [1.165, 1.54) is 32.2 Å². The molecule has 0 spiro atoms. The van der Waals surface area contributed by atoms with Crippen molar-refractivity contribution in [2.45, 2.75) is 38.3 Å². The van der Waals surface area contributed by atoms with E-state index in [-0.39, 0.29) is 30.2 Å². The van der Waals surface area contributed by atoms with Crippen LogP contribution < -0.4 is 20.1 Å². The van der Waals surface area contributed by atoms with Gasteiger partial charge in [-0.3, -0.25) is 14.4 Å². The summed E-state index contributed by atoms with van der Waals surface area (Å²) in [6, 6.07) is 10.1. The number of carbonyl (C=O) groups is 3. The van der Waals surface area contributed by atoms with Gasteiger partial charge in [0, 0.05) is 38.0 Å². The van der Waals surface area contributed by atoms with Gasteiger partial charge in [0.25, 0.3) is 5.91 Å². The molecule has 1 saturated heterocycles. The lowest BCUT2D eigenvalue weighted by molar-refractivity contribution is -0.128. The standard InChI is InChI=1S/C25H30FN3O5/c1-16(30)27-21(13-17-7-8-22(33-2)23(14-17)34-3)24(31)28-20-9-11-29(12-10-20)25(32)18-5-4-6-19(26)15-18/h4-8,14-15,20-21H,9-13H2,1-3H3,(H,27,30)(H,28,31). The molecule has 9 heteroatoms. The van der Waals surface area contributed by atoms with Crippen molar-refractivity contribution in [1.29, 1.82) is 0 Å². The van der Waals surface area contributed by atoms with Crippen molar-refractivity contribution < 1.29 is 28.2 Å². The molecule has 1 aliphatic heterocycles. The lowest BCUT2D eigenvalue weighted by atomic mass is 10.0. The van der Waals surface area contributed by atoms with Crippen LogP contribution in [0.25, 0.3) is 0 Å². The number of nitrogens with one attached hydrogen (secondary N) is 2. The number of hydrogen-bond donors (Lipinski definition) is 2. The van der Waals surface area contributed by atoms with Crippen LogP contribution in [-0.2, 0) is 16.0 Å². The molecule has 2 aromatic rings. The Morgan fingerprint density at radius 1 is 1.06 bits per heavy atom. The summed E-state index contributed by atoms with van der Waals surface area (Å²) in [6.07, 6.45) is 1.41. The SMILES string of the molecule is COc1ccc(CC(NC(C)=O)C(=O)NC2CCN(C(=O)c3cccc(F)c3)CC2)cc1OC. The van der Waals surface area contributed by atoms with Crippen LogP contribution >= 0.6 is 0 Å². The zero-order valence-corrected chi connectivity index (χ0v) is 19.6. The Kier molecular flexibility index (Phi) is 8.45. The van der Waals surface area contributed by atoms with Crippen LogP contribution in [-0.4, -0.2) is 62.0 Å². The lowest BCUT2D eigenvalue weighted by Gasteiger charge is -2.33. The molecule has 0 saturated carbocycles. The van der Waals surface area contributed by atoms with Gasteiger partial charge in [0.2, 0.25) is 11.8 Å². The first-order chi connectivity index (χ1) is 16.3. The zero-order chi connectivity index (χ0) is 24.7. The molecule has 34 heavy (non-hydrogen) atoms. The smallest absolute Gasteiger partial charge is 0.253 e. The van der Waals surface area contributed by atoms with E-state index in [1.54, 1.807) is 30.2 Å². The first-order valence-electron chi connectivity index (χ1n) is 11.1. The summed E-state index contributed by atoms with van der Waals surface area (Å²) in [4.78, 5) is 39.0. The molecule has 3 amide bonds. The van der Waals surface area contributed by atoms with E-state index in [0.29, 0.717) is 43.0 Å². The number of hydrogen-bond acceptors (Lipinski definition) is 5. The number of benzene rings is 2. The number of halogens is 1. The highest BCUT2D eigenvalue weighted by Crippen LogP contribution is 2.28. The molecule has 1 aliphatic rings. The zero-order valence-electron chi connectivity index (χ0n) is 19.6. The molecule has 182 valence electrons. The quantitative estimate of drug-likeness (QED) is 0.616. The second-order valence-electron chi connectivity index (χ2n) is 8.23. The summed E-state index contributed by atoms with van der Waals surface area (Å²) in [5, 5.41) is 5.71. The fourth-order valence-electron chi connectivity index (χ4n) is 4.03. The minimum Gasteiger partial charge on any atom is -0.493 e. The average Bonchev–Trinajstić information content (AvgIpc) is 2.83. The van der Waals surface area contributed by atoms with Crippen LogP contribution in [0.2, 0.25) is 0 Å². The monoisotopic (exact) mass is 471 g/mol. The molecule has 8 nitrogen and oxygen atoms in total. The van der Waals surface area contributed by atoms with Crippen LogP contribution in [0.5, 0.6) is 11.5 Å². The molecule has 0 radical (unpaired) electrons. The van der Waals surface area contributed by atoms with Crippen LogP contribution in [0.4, 0.5) is 4.39 Å². The molecule has 1 atom stereocenters. The van der Waals surface area contributed by atoms with Crippen molar-refractivity contribution in [3.05, 3.63) is 59.4 Å². The maximum absolute atomic E-state index is 13.4. The first-order valence-corrected chi connectivity index (χ1v) is 11.1. The van der Waals surface area contributed by atoms with Crippen molar-refractivity contribution >= 4 is 17.7 Å². The number of carbonyl (C=O) groups excluding carboxylic acids is 3. The minimum atomic E-state index is -0.762. The second kappa shape index (κ2) is 11.5. The minimum absolute atomic E-state index is 0.134. The third kappa shape index (κ3) is 6.46. The van der Waals surface area contributed by atoms with E-state index in [1.807, 2.05) is 6.07 Å². The molecular formula is C25H30FN3O5. The third-order valence-corrected chi connectivity index (χ3v) is 5.78. The maximum Gasteiger partial charge on any atom is 0.253 e. The Hall–Kier alpha value is -3.62. The number of nitrogens with zero attached hydrogens (tertiary/aromatic N) is 1. The number of ether oxygens (including phenoxy) is 2. The highest BCUT2D eigenvalue weighted by Gasteiger charge is 2.28. The molecule has 0 aliphatic carbocycles. The van der Waals surface area contributed by atoms with E-state index in [4.69, 9.17) is 9.47 Å². The molecule has 2 N–H and O–H groups in total. The Morgan fingerprint density at radius 2 is 1.76 bits per heavy atom. The molecular weight excluding hydrogens is 441 g/mol. The molecule has 3 rings (SSSR count).